The monoisotopic (exact) mass is 230 g/mol. The first-order chi connectivity index (χ1) is 7.09. The van der Waals surface area contributed by atoms with Gasteiger partial charge in [-0.15, -0.1) is 0 Å². The molecule has 0 amide bonds. The minimum Gasteiger partial charge on any atom is -0.394 e. The summed E-state index contributed by atoms with van der Waals surface area (Å²) < 4.78 is 0. The number of aliphatic hydroxyl groups is 1. The Labute approximate surface area is 94.1 Å². The molecular formula is C9H18N4OS. The van der Waals surface area contributed by atoms with Gasteiger partial charge in [-0.2, -0.15) is 5.10 Å². The van der Waals surface area contributed by atoms with E-state index in [1.54, 1.807) is 11.8 Å². The second-order valence-electron chi connectivity index (χ2n) is 3.89. The van der Waals surface area contributed by atoms with Gasteiger partial charge in [0.1, 0.15) is 6.33 Å². The average molecular weight is 230 g/mol. The van der Waals surface area contributed by atoms with Crippen molar-refractivity contribution < 1.29 is 5.11 Å². The van der Waals surface area contributed by atoms with Crippen LogP contribution in [0.4, 0.5) is 0 Å². The van der Waals surface area contributed by atoms with E-state index in [-0.39, 0.29) is 12.1 Å². The number of aromatic nitrogens is 3. The number of thioether (sulfide) groups is 1. The van der Waals surface area contributed by atoms with E-state index in [1.165, 1.54) is 6.33 Å². The first kappa shape index (κ1) is 12.5. The Morgan fingerprint density at radius 1 is 1.73 bits per heavy atom. The number of hydrogen-bond donors (Lipinski definition) is 3. The van der Waals surface area contributed by atoms with Crippen LogP contribution in [0.5, 0.6) is 0 Å². The van der Waals surface area contributed by atoms with Crippen LogP contribution in [0, 0.1) is 0 Å². The molecule has 0 saturated carbocycles. The molecule has 0 radical (unpaired) electrons. The van der Waals surface area contributed by atoms with Crippen molar-refractivity contribution in [3.8, 4) is 0 Å². The molecule has 0 saturated heterocycles. The van der Waals surface area contributed by atoms with Crippen molar-refractivity contribution in [2.24, 2.45) is 0 Å². The zero-order valence-corrected chi connectivity index (χ0v) is 10.1. The van der Waals surface area contributed by atoms with Gasteiger partial charge in [0.2, 0.25) is 0 Å². The summed E-state index contributed by atoms with van der Waals surface area (Å²) in [5.41, 5.74) is -0.230. The number of hydrogen-bond acceptors (Lipinski definition) is 5. The second-order valence-corrected chi connectivity index (χ2v) is 5.32. The standard InChI is InChI=1S/C9H18N4OS/c1-7(4-9(2,5-14)10-3)15-8-11-6-12-13-8/h6-7,10,14H,4-5H2,1-3H3,(H,11,12,13). The van der Waals surface area contributed by atoms with E-state index in [9.17, 15) is 5.11 Å². The van der Waals surface area contributed by atoms with E-state index in [4.69, 9.17) is 0 Å². The van der Waals surface area contributed by atoms with Crippen LogP contribution in [0.3, 0.4) is 0 Å². The van der Waals surface area contributed by atoms with Crippen LogP contribution in [0.2, 0.25) is 0 Å². The zero-order chi connectivity index (χ0) is 11.3. The van der Waals surface area contributed by atoms with Crippen molar-refractivity contribution in [2.75, 3.05) is 13.7 Å². The Hall–Kier alpha value is -0.590. The third kappa shape index (κ3) is 3.81. The number of aromatic amines is 1. The molecule has 0 fully saturated rings. The molecule has 1 aromatic rings. The number of rotatable bonds is 6. The molecule has 5 nitrogen and oxygen atoms in total. The summed E-state index contributed by atoms with van der Waals surface area (Å²) in [6.45, 7) is 4.24. The highest BCUT2D eigenvalue weighted by Gasteiger charge is 2.24. The molecule has 0 bridgehead atoms. The van der Waals surface area contributed by atoms with Gasteiger partial charge in [-0.05, 0) is 20.4 Å². The molecule has 1 aromatic heterocycles. The molecule has 2 unspecified atom stereocenters. The van der Waals surface area contributed by atoms with Crippen molar-refractivity contribution in [3.05, 3.63) is 6.33 Å². The van der Waals surface area contributed by atoms with E-state index in [2.05, 4.69) is 27.4 Å². The summed E-state index contributed by atoms with van der Waals surface area (Å²) in [5.74, 6) is 0. The fraction of sp³-hybridized carbons (Fsp3) is 0.778. The second kappa shape index (κ2) is 5.48. The van der Waals surface area contributed by atoms with E-state index < -0.39 is 0 Å². The van der Waals surface area contributed by atoms with Crippen molar-refractivity contribution in [2.45, 2.75) is 36.2 Å². The number of aliphatic hydroxyl groups excluding tert-OH is 1. The summed E-state index contributed by atoms with van der Waals surface area (Å²) in [5, 5.41) is 20.2. The summed E-state index contributed by atoms with van der Waals surface area (Å²) >= 11 is 1.63. The maximum atomic E-state index is 9.25. The highest BCUT2D eigenvalue weighted by Crippen LogP contribution is 2.25. The Morgan fingerprint density at radius 3 is 2.93 bits per heavy atom. The highest BCUT2D eigenvalue weighted by atomic mass is 32.2. The largest absolute Gasteiger partial charge is 0.394 e. The minimum absolute atomic E-state index is 0.130. The Kier molecular flexibility index (Phi) is 4.56. The Bertz CT molecular complexity index is 274. The van der Waals surface area contributed by atoms with Gasteiger partial charge in [-0.3, -0.25) is 5.10 Å². The average Bonchev–Trinajstić information content (AvgIpc) is 2.70. The third-order valence-electron chi connectivity index (χ3n) is 2.40. The molecular weight excluding hydrogens is 212 g/mol. The first-order valence-electron chi connectivity index (χ1n) is 4.91. The molecule has 1 heterocycles. The Balaban J connectivity index is 2.44. The highest BCUT2D eigenvalue weighted by molar-refractivity contribution is 7.99. The molecule has 15 heavy (non-hydrogen) atoms. The minimum atomic E-state index is -0.230. The quantitative estimate of drug-likeness (QED) is 0.626. The molecule has 6 heteroatoms. The smallest absolute Gasteiger partial charge is 0.183 e. The summed E-state index contributed by atoms with van der Waals surface area (Å²) in [7, 11) is 1.86. The van der Waals surface area contributed by atoms with Gasteiger partial charge >= 0.3 is 0 Å². The molecule has 3 N–H and O–H groups in total. The fourth-order valence-electron chi connectivity index (χ4n) is 1.36. The van der Waals surface area contributed by atoms with Crippen LogP contribution < -0.4 is 5.32 Å². The zero-order valence-electron chi connectivity index (χ0n) is 9.32. The lowest BCUT2D eigenvalue weighted by molar-refractivity contribution is 0.174. The third-order valence-corrected chi connectivity index (χ3v) is 3.39. The van der Waals surface area contributed by atoms with Gasteiger partial charge in [0, 0.05) is 10.8 Å². The van der Waals surface area contributed by atoms with E-state index in [1.807, 2.05) is 14.0 Å². The lowest BCUT2D eigenvalue weighted by Gasteiger charge is -2.29. The molecule has 1 rings (SSSR count). The van der Waals surface area contributed by atoms with E-state index >= 15 is 0 Å². The summed E-state index contributed by atoms with van der Waals surface area (Å²) in [6.07, 6.45) is 2.36. The van der Waals surface area contributed by atoms with Crippen molar-refractivity contribution >= 4 is 11.8 Å². The number of likely N-dealkylation sites (N-methyl/N-ethyl adjacent to an activating group) is 1. The van der Waals surface area contributed by atoms with Gasteiger partial charge in [0.15, 0.2) is 5.16 Å². The molecule has 0 aliphatic rings. The van der Waals surface area contributed by atoms with Gasteiger partial charge in [0.25, 0.3) is 0 Å². The predicted molar refractivity (Wildman–Crippen MR) is 60.9 cm³/mol. The Morgan fingerprint density at radius 2 is 2.47 bits per heavy atom. The van der Waals surface area contributed by atoms with Crippen molar-refractivity contribution in [3.63, 3.8) is 0 Å². The fourth-order valence-corrected chi connectivity index (χ4v) is 2.41. The number of nitrogens with one attached hydrogen (secondary N) is 2. The van der Waals surface area contributed by atoms with Gasteiger partial charge in [-0.25, -0.2) is 4.98 Å². The normalized spacial score (nSPS) is 17.3. The van der Waals surface area contributed by atoms with E-state index in [0.717, 1.165) is 11.6 Å². The van der Waals surface area contributed by atoms with Crippen molar-refractivity contribution in [1.82, 2.24) is 20.5 Å². The van der Waals surface area contributed by atoms with Crippen LogP contribution in [-0.4, -0.2) is 44.7 Å². The molecule has 0 spiro atoms. The summed E-state index contributed by atoms with van der Waals surface area (Å²) in [4.78, 5) is 4.05. The number of H-pyrrole nitrogens is 1. The van der Waals surface area contributed by atoms with Crippen LogP contribution >= 0.6 is 11.8 Å². The van der Waals surface area contributed by atoms with Gasteiger partial charge in [0.05, 0.1) is 6.61 Å². The topological polar surface area (TPSA) is 73.8 Å². The van der Waals surface area contributed by atoms with Crippen LogP contribution in [0.1, 0.15) is 20.3 Å². The van der Waals surface area contributed by atoms with Crippen LogP contribution in [-0.2, 0) is 0 Å². The lowest BCUT2D eigenvalue weighted by Crippen LogP contribution is -2.45. The van der Waals surface area contributed by atoms with Crippen molar-refractivity contribution in [1.29, 1.82) is 0 Å². The van der Waals surface area contributed by atoms with Crippen LogP contribution in [0.25, 0.3) is 0 Å². The predicted octanol–water partition coefficient (Wildman–Crippen LogP) is 0.646. The molecule has 0 aliphatic heterocycles. The molecule has 0 aliphatic carbocycles. The van der Waals surface area contributed by atoms with E-state index in [0.29, 0.717) is 5.25 Å². The SMILES string of the molecule is CNC(C)(CO)CC(C)Sc1ncn[nH]1. The first-order valence-corrected chi connectivity index (χ1v) is 5.79. The number of nitrogens with zero attached hydrogens (tertiary/aromatic N) is 2. The maximum absolute atomic E-state index is 9.25. The summed E-state index contributed by atoms with van der Waals surface area (Å²) in [6, 6.07) is 0. The molecule has 86 valence electrons. The maximum Gasteiger partial charge on any atom is 0.183 e. The van der Waals surface area contributed by atoms with Crippen LogP contribution in [0.15, 0.2) is 11.5 Å². The van der Waals surface area contributed by atoms with Gasteiger partial charge < -0.3 is 10.4 Å². The van der Waals surface area contributed by atoms with Gasteiger partial charge in [-0.1, -0.05) is 18.7 Å². The molecule has 0 aromatic carbocycles. The lowest BCUT2D eigenvalue weighted by atomic mass is 9.98. The molecule has 2 atom stereocenters.